The van der Waals surface area contributed by atoms with Crippen molar-refractivity contribution in [1.29, 1.82) is 0 Å². The minimum atomic E-state index is -3.52. The number of piperidine rings is 1. The number of anilines is 1. The molecule has 1 unspecified atom stereocenters. The highest BCUT2D eigenvalue weighted by Crippen LogP contribution is 2.39. The van der Waals surface area contributed by atoms with E-state index in [4.69, 9.17) is 4.74 Å². The van der Waals surface area contributed by atoms with Gasteiger partial charge in [0.05, 0.1) is 17.9 Å². The van der Waals surface area contributed by atoms with Crippen LogP contribution in [0.1, 0.15) is 81.4 Å². The summed E-state index contributed by atoms with van der Waals surface area (Å²) in [5.41, 5.74) is 3.05. The van der Waals surface area contributed by atoms with Crippen molar-refractivity contribution in [2.24, 2.45) is 16.8 Å². The molecule has 1 aromatic carbocycles. The first-order valence-electron chi connectivity index (χ1n) is 16.2. The van der Waals surface area contributed by atoms with E-state index in [2.05, 4.69) is 10.3 Å². The molecular weight excluding hydrogens is 590 g/mol. The molecule has 1 atom stereocenters. The number of carbonyl (C=O) groups is 1. The first kappa shape index (κ1) is 33.2. The van der Waals surface area contributed by atoms with Gasteiger partial charge in [0.1, 0.15) is 12.4 Å². The predicted molar refractivity (Wildman–Crippen MR) is 167 cm³/mol. The molecule has 0 radical (unpaired) electrons. The van der Waals surface area contributed by atoms with E-state index < -0.39 is 27.7 Å². The fourth-order valence-corrected chi connectivity index (χ4v) is 8.81. The van der Waals surface area contributed by atoms with Gasteiger partial charge < -0.3 is 20.1 Å². The monoisotopic (exact) mass is 638 g/mol. The third-order valence-electron chi connectivity index (χ3n) is 10.4. The van der Waals surface area contributed by atoms with Crippen molar-refractivity contribution < 1.29 is 31.8 Å². The van der Waals surface area contributed by atoms with Gasteiger partial charge in [-0.2, -0.15) is 0 Å². The number of nitrogens with zero attached hydrogens (tertiary/aromatic N) is 3. The Morgan fingerprint density at radius 1 is 1.11 bits per heavy atom. The number of amidine groups is 1. The number of ether oxygens (including phenoxy) is 1. The zero-order valence-electron chi connectivity index (χ0n) is 26.3. The average molecular weight is 639 g/mol. The van der Waals surface area contributed by atoms with E-state index in [9.17, 15) is 27.1 Å². The molecule has 4 aliphatic rings. The molecule has 2 N–H and O–H groups in total. The highest BCUT2D eigenvalue weighted by Gasteiger charge is 2.48. The highest BCUT2D eigenvalue weighted by atomic mass is 32.2. The summed E-state index contributed by atoms with van der Waals surface area (Å²) in [5.74, 6) is -1.40. The van der Waals surface area contributed by atoms with Gasteiger partial charge in [-0.25, -0.2) is 26.5 Å². The van der Waals surface area contributed by atoms with Crippen LogP contribution in [0.4, 0.5) is 14.5 Å². The highest BCUT2D eigenvalue weighted by molar-refractivity contribution is 7.89. The number of aryl methyl sites for hydroxylation is 2. The van der Waals surface area contributed by atoms with Gasteiger partial charge in [-0.15, -0.1) is 0 Å². The lowest BCUT2D eigenvalue weighted by atomic mass is 9.78. The second-order valence-corrected chi connectivity index (χ2v) is 15.3. The summed E-state index contributed by atoms with van der Waals surface area (Å²) in [6, 6.07) is 3.90. The summed E-state index contributed by atoms with van der Waals surface area (Å²) < 4.78 is 61.0. The van der Waals surface area contributed by atoms with Crippen molar-refractivity contribution in [3.05, 3.63) is 28.8 Å². The van der Waals surface area contributed by atoms with Crippen LogP contribution in [-0.4, -0.2) is 85.9 Å². The van der Waals surface area contributed by atoms with Crippen LogP contribution in [0.2, 0.25) is 0 Å². The van der Waals surface area contributed by atoms with E-state index in [1.54, 1.807) is 4.90 Å². The smallest absolute Gasteiger partial charge is 0.253 e. The summed E-state index contributed by atoms with van der Waals surface area (Å²) in [6.07, 6.45) is 4.24. The van der Waals surface area contributed by atoms with E-state index in [0.29, 0.717) is 57.8 Å². The summed E-state index contributed by atoms with van der Waals surface area (Å²) in [4.78, 5) is 18.6. The minimum Gasteiger partial charge on any atom is -0.370 e. The molecule has 3 fully saturated rings. The molecule has 0 aromatic heterocycles. The molecule has 246 valence electrons. The van der Waals surface area contributed by atoms with E-state index >= 15 is 0 Å². The number of hydrogen-bond acceptors (Lipinski definition) is 7. The second-order valence-electron chi connectivity index (χ2n) is 13.3. The molecule has 1 aromatic rings. The molecule has 3 heterocycles. The van der Waals surface area contributed by atoms with Crippen LogP contribution >= 0.6 is 0 Å². The molecule has 1 spiro atoms. The zero-order chi connectivity index (χ0) is 31.7. The number of carbonyl (C=O) groups excluding carboxylic acids is 1. The predicted octanol–water partition coefficient (Wildman–Crippen LogP) is 4.33. The van der Waals surface area contributed by atoms with E-state index in [1.807, 2.05) is 26.0 Å². The summed E-state index contributed by atoms with van der Waals surface area (Å²) >= 11 is 0. The Balaban J connectivity index is 1.12. The van der Waals surface area contributed by atoms with Gasteiger partial charge in [0, 0.05) is 44.1 Å². The molecule has 44 heavy (non-hydrogen) atoms. The molecule has 5 rings (SSSR count). The number of nitrogens with one attached hydrogen (secondary N) is 1. The fourth-order valence-electron chi connectivity index (χ4n) is 7.35. The number of morpholine rings is 1. The Labute approximate surface area is 260 Å². The van der Waals surface area contributed by atoms with Gasteiger partial charge >= 0.3 is 0 Å². The summed E-state index contributed by atoms with van der Waals surface area (Å²) in [5, 5.41) is 14.5. The Morgan fingerprint density at radius 3 is 2.39 bits per heavy atom. The van der Waals surface area contributed by atoms with Crippen LogP contribution in [0, 0.1) is 25.7 Å². The first-order valence-corrected chi connectivity index (χ1v) is 17.8. The average Bonchev–Trinajstić information content (AvgIpc) is 3.31. The Bertz CT molecular complexity index is 1310. The lowest BCUT2D eigenvalue weighted by Gasteiger charge is -2.41. The number of hydrogen-bond donors (Lipinski definition) is 2. The van der Waals surface area contributed by atoms with Crippen LogP contribution < -0.4 is 10.2 Å². The van der Waals surface area contributed by atoms with Gasteiger partial charge in [-0.1, -0.05) is 6.92 Å². The van der Waals surface area contributed by atoms with Crippen molar-refractivity contribution in [3.8, 4) is 0 Å². The van der Waals surface area contributed by atoms with Crippen LogP contribution in [-0.2, 0) is 26.0 Å². The van der Waals surface area contributed by atoms with Crippen LogP contribution in [0.5, 0.6) is 0 Å². The van der Waals surface area contributed by atoms with E-state index in [0.717, 1.165) is 53.9 Å². The second kappa shape index (κ2) is 13.3. The number of amides is 1. The molecule has 1 aliphatic carbocycles. The first-order chi connectivity index (χ1) is 20.8. The number of sulfonamides is 1. The Hall–Kier alpha value is -2.15. The number of aliphatic hydroxyl groups is 1. The Kier molecular flexibility index (Phi) is 10.0. The number of alkyl halides is 2. The van der Waals surface area contributed by atoms with E-state index in [-0.39, 0.29) is 37.0 Å². The SMILES string of the molecule is CCC(F)(F)CCC1CCC(C2=NC(O)C3(CCN(S(=O)(=O)CCc4c(C)cc(N5CCOCC5=O)cc4C)CC3)N2)CC1. The van der Waals surface area contributed by atoms with Crippen molar-refractivity contribution in [2.75, 3.05) is 43.5 Å². The number of rotatable bonds is 10. The van der Waals surface area contributed by atoms with Crippen LogP contribution in [0.15, 0.2) is 17.1 Å². The maximum atomic E-state index is 13.7. The zero-order valence-corrected chi connectivity index (χ0v) is 27.1. The molecule has 1 saturated carbocycles. The molecule has 12 heteroatoms. The number of aliphatic imine (C=N–C) groups is 1. The number of aliphatic hydroxyl groups excluding tert-OH is 1. The lowest BCUT2D eigenvalue weighted by Crippen LogP contribution is -2.58. The molecule has 1 amide bonds. The van der Waals surface area contributed by atoms with Gasteiger partial charge in [0.25, 0.3) is 5.91 Å². The number of benzene rings is 1. The van der Waals surface area contributed by atoms with Gasteiger partial charge in [0.2, 0.25) is 15.9 Å². The van der Waals surface area contributed by atoms with Crippen LogP contribution in [0.3, 0.4) is 0 Å². The fraction of sp³-hybridized carbons (Fsp3) is 0.750. The van der Waals surface area contributed by atoms with Crippen molar-refractivity contribution in [3.63, 3.8) is 0 Å². The van der Waals surface area contributed by atoms with Crippen LogP contribution in [0.25, 0.3) is 0 Å². The standard InChI is InChI=1S/C32H48F2N4O5S/c1-4-32(33,34)11-9-24-5-7-25(8-6-24)29-35-30(40)31(36-29)12-14-37(15-13-31)44(41,42)18-10-27-22(2)19-26(20-23(27)3)38-16-17-43-21-28(38)39/h19-20,24-25,30,40H,4-18,21H2,1-3H3,(H,35,36). The maximum Gasteiger partial charge on any atom is 0.253 e. The molecular formula is C32H48F2N4O5S. The Morgan fingerprint density at radius 2 is 1.77 bits per heavy atom. The van der Waals surface area contributed by atoms with Gasteiger partial charge in [0.15, 0.2) is 6.23 Å². The molecule has 3 aliphatic heterocycles. The summed E-state index contributed by atoms with van der Waals surface area (Å²) in [7, 11) is -3.52. The molecule has 9 nitrogen and oxygen atoms in total. The van der Waals surface area contributed by atoms with E-state index in [1.165, 1.54) is 11.2 Å². The molecule has 0 bridgehead atoms. The quantitative estimate of drug-likeness (QED) is 0.395. The minimum absolute atomic E-state index is 0.0112. The largest absolute Gasteiger partial charge is 0.370 e. The van der Waals surface area contributed by atoms with Crippen molar-refractivity contribution in [2.45, 2.75) is 103 Å². The maximum absolute atomic E-state index is 13.7. The van der Waals surface area contributed by atoms with Crippen molar-refractivity contribution in [1.82, 2.24) is 9.62 Å². The number of halogens is 2. The van der Waals surface area contributed by atoms with Crippen molar-refractivity contribution >= 4 is 27.5 Å². The third-order valence-corrected chi connectivity index (χ3v) is 12.3. The summed E-state index contributed by atoms with van der Waals surface area (Å²) in [6.45, 7) is 7.12. The van der Waals surface area contributed by atoms with Gasteiger partial charge in [-0.3, -0.25) is 4.79 Å². The third kappa shape index (κ3) is 7.29. The lowest BCUT2D eigenvalue weighted by molar-refractivity contribution is -0.125. The van der Waals surface area contributed by atoms with Gasteiger partial charge in [-0.05, 0) is 100.0 Å². The molecule has 2 saturated heterocycles. The normalized spacial score (nSPS) is 26.6. The topological polar surface area (TPSA) is 112 Å².